The Morgan fingerprint density at radius 2 is 1.71 bits per heavy atom. The topological polar surface area (TPSA) is 104 Å². The number of hydrogen-bond acceptors (Lipinski definition) is 5. The van der Waals surface area contributed by atoms with Gasteiger partial charge in [0.05, 0.1) is 22.9 Å². The van der Waals surface area contributed by atoms with Crippen LogP contribution in [0.25, 0.3) is 0 Å². The molecule has 1 aliphatic heterocycles. The smallest absolute Gasteiger partial charge is 0.251 e. The van der Waals surface area contributed by atoms with Crippen LogP contribution in [-0.4, -0.2) is 32.0 Å². The third-order valence-corrected chi connectivity index (χ3v) is 7.54. The van der Waals surface area contributed by atoms with Gasteiger partial charge in [-0.15, -0.1) is 0 Å². The van der Waals surface area contributed by atoms with Crippen LogP contribution in [0.2, 0.25) is 10.0 Å². The monoisotopic (exact) mass is 517 g/mol. The lowest BCUT2D eigenvalue weighted by Gasteiger charge is -2.27. The van der Waals surface area contributed by atoms with Gasteiger partial charge in [-0.1, -0.05) is 53.5 Å². The average molecular weight is 518 g/mol. The molecule has 10 heteroatoms. The number of anilines is 2. The highest BCUT2D eigenvalue weighted by Crippen LogP contribution is 2.28. The van der Waals surface area contributed by atoms with Gasteiger partial charge in [0.25, 0.3) is 5.91 Å². The number of halogens is 2. The molecule has 0 bridgehead atoms. The van der Waals surface area contributed by atoms with Crippen molar-refractivity contribution >= 4 is 56.2 Å². The number of sulfone groups is 1. The van der Waals surface area contributed by atoms with Gasteiger partial charge in [-0.25, -0.2) is 8.42 Å². The fourth-order valence-corrected chi connectivity index (χ4v) is 5.46. The van der Waals surface area contributed by atoms with Gasteiger partial charge in [0.2, 0.25) is 5.91 Å². The Balaban J connectivity index is 1.41. The highest BCUT2D eigenvalue weighted by atomic mass is 35.5. The third-order valence-electron chi connectivity index (χ3n) is 5.30. The maximum Gasteiger partial charge on any atom is 0.251 e. The number of carbonyl (C=O) groups is 2. The van der Waals surface area contributed by atoms with Gasteiger partial charge in [-0.3, -0.25) is 9.59 Å². The predicted molar refractivity (Wildman–Crippen MR) is 134 cm³/mol. The number of nitrogens with one attached hydrogen (secondary N) is 3. The van der Waals surface area contributed by atoms with Crippen LogP contribution in [0.15, 0.2) is 66.7 Å². The van der Waals surface area contributed by atoms with Crippen LogP contribution >= 0.6 is 23.2 Å². The summed E-state index contributed by atoms with van der Waals surface area (Å²) < 4.78 is 25.3. The fourth-order valence-electron chi connectivity index (χ4n) is 3.57. The Bertz CT molecular complexity index is 1340. The number of fused-ring (bicyclic) bond motifs is 1. The molecule has 0 saturated carbocycles. The van der Waals surface area contributed by atoms with E-state index in [4.69, 9.17) is 23.2 Å². The molecule has 2 amide bonds. The minimum absolute atomic E-state index is 0.201. The average Bonchev–Trinajstić information content (AvgIpc) is 2.80. The second kappa shape index (κ2) is 10.0. The summed E-state index contributed by atoms with van der Waals surface area (Å²) in [6.45, 7) is 0.258. The molecule has 34 heavy (non-hydrogen) atoms. The molecule has 0 aliphatic carbocycles. The van der Waals surface area contributed by atoms with E-state index in [1.54, 1.807) is 48.5 Å². The first-order valence-corrected chi connectivity index (χ1v) is 13.0. The first kappa shape index (κ1) is 24.1. The van der Waals surface area contributed by atoms with Crippen molar-refractivity contribution in [3.8, 4) is 0 Å². The molecular formula is C24H21Cl2N3O4S. The van der Waals surface area contributed by atoms with Crippen LogP contribution in [0.3, 0.4) is 0 Å². The van der Waals surface area contributed by atoms with Crippen molar-refractivity contribution in [2.24, 2.45) is 0 Å². The van der Waals surface area contributed by atoms with Gasteiger partial charge in [0, 0.05) is 22.2 Å². The van der Waals surface area contributed by atoms with Crippen LogP contribution in [0.1, 0.15) is 21.5 Å². The van der Waals surface area contributed by atoms with Crippen molar-refractivity contribution in [1.29, 1.82) is 0 Å². The standard InChI is InChI=1S/C24H21Cl2N3O4S/c25-18-8-5-15(6-9-18)13-34(32,33)14-22-24(31)29-21-11-16(7-10-20(21)28-22)23(30)27-12-17-3-1-2-4-19(17)26/h1-11,22,28H,12-14H2,(H,27,30)(H,29,31)/t22-/m1/s1. The second-order valence-corrected chi connectivity index (χ2v) is 10.9. The molecule has 0 radical (unpaired) electrons. The summed E-state index contributed by atoms with van der Waals surface area (Å²) in [5.74, 6) is -1.39. The molecule has 1 aliphatic rings. The number of benzene rings is 3. The Kier molecular flexibility index (Phi) is 7.11. The van der Waals surface area contributed by atoms with E-state index >= 15 is 0 Å². The molecule has 1 heterocycles. The van der Waals surface area contributed by atoms with Gasteiger partial charge in [-0.2, -0.15) is 0 Å². The SMILES string of the molecule is O=C(NCc1ccccc1Cl)c1ccc2c(c1)NC(=O)[C@@H](CS(=O)(=O)Cc1ccc(Cl)cc1)N2. The van der Waals surface area contributed by atoms with Gasteiger partial charge >= 0.3 is 0 Å². The molecule has 0 fully saturated rings. The van der Waals surface area contributed by atoms with Gasteiger partial charge in [-0.05, 0) is 47.5 Å². The van der Waals surface area contributed by atoms with Crippen molar-refractivity contribution < 1.29 is 18.0 Å². The summed E-state index contributed by atoms with van der Waals surface area (Å²) in [5, 5.41) is 9.54. The molecule has 0 aromatic heterocycles. The van der Waals surface area contributed by atoms with Gasteiger partial charge < -0.3 is 16.0 Å². The molecule has 0 spiro atoms. The maximum atomic E-state index is 12.7. The van der Waals surface area contributed by atoms with Crippen molar-refractivity contribution in [3.63, 3.8) is 0 Å². The molecule has 4 rings (SSSR count). The highest BCUT2D eigenvalue weighted by molar-refractivity contribution is 7.90. The molecular weight excluding hydrogens is 497 g/mol. The number of rotatable bonds is 7. The van der Waals surface area contributed by atoms with E-state index in [1.165, 1.54) is 0 Å². The molecule has 0 unspecified atom stereocenters. The van der Waals surface area contributed by atoms with Crippen molar-refractivity contribution in [1.82, 2.24) is 5.32 Å². The summed E-state index contributed by atoms with van der Waals surface area (Å²) in [6, 6.07) is 17.6. The highest BCUT2D eigenvalue weighted by Gasteiger charge is 2.30. The van der Waals surface area contributed by atoms with Crippen molar-refractivity contribution in [2.45, 2.75) is 18.3 Å². The first-order chi connectivity index (χ1) is 16.2. The lowest BCUT2D eigenvalue weighted by molar-refractivity contribution is -0.116. The zero-order chi connectivity index (χ0) is 24.3. The quantitative estimate of drug-likeness (QED) is 0.434. The Labute approximate surface area is 207 Å². The molecule has 176 valence electrons. The maximum absolute atomic E-state index is 12.7. The zero-order valence-electron chi connectivity index (χ0n) is 17.8. The molecule has 3 aromatic rings. The van der Waals surface area contributed by atoms with E-state index in [2.05, 4.69) is 16.0 Å². The Morgan fingerprint density at radius 3 is 2.44 bits per heavy atom. The Morgan fingerprint density at radius 1 is 0.971 bits per heavy atom. The number of carbonyl (C=O) groups excluding carboxylic acids is 2. The summed E-state index contributed by atoms with van der Waals surface area (Å²) >= 11 is 12.0. The molecule has 7 nitrogen and oxygen atoms in total. The van der Waals surface area contributed by atoms with E-state index in [1.807, 2.05) is 18.2 Å². The van der Waals surface area contributed by atoms with E-state index < -0.39 is 21.8 Å². The predicted octanol–water partition coefficient (Wildman–Crippen LogP) is 4.27. The summed E-state index contributed by atoms with van der Waals surface area (Å²) in [6.07, 6.45) is 0. The van der Waals surface area contributed by atoms with E-state index in [9.17, 15) is 18.0 Å². The van der Waals surface area contributed by atoms with Crippen LogP contribution in [0, 0.1) is 0 Å². The lowest BCUT2D eigenvalue weighted by Crippen LogP contribution is -2.43. The number of amides is 2. The zero-order valence-corrected chi connectivity index (χ0v) is 20.2. The number of hydrogen-bond donors (Lipinski definition) is 3. The van der Waals surface area contributed by atoms with Crippen LogP contribution in [-0.2, 0) is 26.9 Å². The van der Waals surface area contributed by atoms with Gasteiger partial charge in [0.1, 0.15) is 6.04 Å². The van der Waals surface area contributed by atoms with Crippen molar-refractivity contribution in [2.75, 3.05) is 16.4 Å². The summed E-state index contributed by atoms with van der Waals surface area (Å²) in [7, 11) is -3.58. The first-order valence-electron chi connectivity index (χ1n) is 10.4. The van der Waals surface area contributed by atoms with Gasteiger partial charge in [0.15, 0.2) is 9.84 Å². The van der Waals surface area contributed by atoms with Crippen LogP contribution in [0.5, 0.6) is 0 Å². The second-order valence-electron chi connectivity index (χ2n) is 7.90. The molecule has 0 saturated heterocycles. The van der Waals surface area contributed by atoms with E-state index in [0.717, 1.165) is 5.56 Å². The molecule has 3 N–H and O–H groups in total. The normalized spacial score (nSPS) is 15.1. The minimum atomic E-state index is -3.58. The lowest BCUT2D eigenvalue weighted by atomic mass is 10.1. The van der Waals surface area contributed by atoms with E-state index in [0.29, 0.717) is 32.5 Å². The third kappa shape index (κ3) is 5.88. The molecule has 3 aromatic carbocycles. The van der Waals surface area contributed by atoms with E-state index in [-0.39, 0.29) is 24.0 Å². The van der Waals surface area contributed by atoms with Crippen LogP contribution < -0.4 is 16.0 Å². The minimum Gasteiger partial charge on any atom is -0.371 e. The largest absolute Gasteiger partial charge is 0.371 e. The van der Waals surface area contributed by atoms with Crippen molar-refractivity contribution in [3.05, 3.63) is 93.5 Å². The summed E-state index contributed by atoms with van der Waals surface area (Å²) in [5.41, 5.74) is 2.67. The van der Waals surface area contributed by atoms with Crippen LogP contribution in [0.4, 0.5) is 11.4 Å². The Hall–Kier alpha value is -3.07. The molecule has 1 atom stereocenters. The summed E-state index contributed by atoms with van der Waals surface area (Å²) in [4.78, 5) is 25.2. The fraction of sp³-hybridized carbons (Fsp3) is 0.167.